The number of carbonyl (C=O) groups is 2. The Balaban J connectivity index is 1.50. The lowest BCUT2D eigenvalue weighted by molar-refractivity contribution is -0.134. The van der Waals surface area contributed by atoms with Crippen molar-refractivity contribution in [3.05, 3.63) is 59.9 Å². The summed E-state index contributed by atoms with van der Waals surface area (Å²) in [5, 5.41) is 8.79. The lowest BCUT2D eigenvalue weighted by atomic mass is 10.2. The first-order valence-corrected chi connectivity index (χ1v) is 8.13. The lowest BCUT2D eigenvalue weighted by Crippen LogP contribution is -2.47. The van der Waals surface area contributed by atoms with Crippen LogP contribution in [-0.2, 0) is 16.1 Å². The molecular weight excluding hydrogens is 320 g/mol. The molecule has 7 heteroatoms. The molecule has 2 heterocycles. The highest BCUT2D eigenvalue weighted by Gasteiger charge is 2.21. The zero-order valence-electron chi connectivity index (χ0n) is 13.7. The van der Waals surface area contributed by atoms with Crippen LogP contribution in [0.2, 0.25) is 0 Å². The first kappa shape index (κ1) is 17.1. The minimum atomic E-state index is -0.438. The van der Waals surface area contributed by atoms with Gasteiger partial charge in [0.15, 0.2) is 0 Å². The van der Waals surface area contributed by atoms with Gasteiger partial charge < -0.3 is 20.7 Å². The second kappa shape index (κ2) is 8.36. The van der Waals surface area contributed by atoms with E-state index in [0.29, 0.717) is 30.9 Å². The first-order chi connectivity index (χ1) is 12.2. The fraction of sp³-hybridized carbons (Fsp3) is 0.278. The third-order valence-electron chi connectivity index (χ3n) is 3.82. The van der Waals surface area contributed by atoms with Crippen molar-refractivity contribution < 1.29 is 14.3 Å². The van der Waals surface area contributed by atoms with E-state index in [0.717, 1.165) is 12.1 Å². The summed E-state index contributed by atoms with van der Waals surface area (Å²) in [6, 6.07) is 10.7. The molecular formula is C18H20N4O3. The van der Waals surface area contributed by atoms with Crippen LogP contribution in [-0.4, -0.2) is 42.6 Å². The summed E-state index contributed by atoms with van der Waals surface area (Å²) in [6.07, 6.45) is 2.70. The Kier molecular flexibility index (Phi) is 5.71. The molecule has 2 amide bonds. The van der Waals surface area contributed by atoms with Crippen molar-refractivity contribution in [1.82, 2.24) is 15.6 Å². The number of nitrogens with one attached hydrogen (secondary N) is 3. The molecule has 7 nitrogen and oxygen atoms in total. The smallest absolute Gasteiger partial charge is 0.257 e. The van der Waals surface area contributed by atoms with Crippen LogP contribution < -0.4 is 16.0 Å². The summed E-state index contributed by atoms with van der Waals surface area (Å²) in [5.74, 6) is -0.336. The number of carbonyl (C=O) groups excluding carboxylic acids is 2. The number of rotatable bonds is 5. The highest BCUT2D eigenvalue weighted by molar-refractivity contribution is 6.04. The molecule has 1 aromatic carbocycles. The average Bonchev–Trinajstić information content (AvgIpc) is 2.68. The SMILES string of the molecule is O=C(Nc1ccc(CNC(=O)C2CNCCO2)cc1)c1cccnc1. The van der Waals surface area contributed by atoms with Gasteiger partial charge in [-0.3, -0.25) is 14.6 Å². The van der Waals surface area contributed by atoms with Gasteiger partial charge in [-0.15, -0.1) is 0 Å². The van der Waals surface area contributed by atoms with Crippen LogP contribution >= 0.6 is 0 Å². The van der Waals surface area contributed by atoms with Gasteiger partial charge in [0.05, 0.1) is 12.2 Å². The molecule has 1 unspecified atom stereocenters. The third-order valence-corrected chi connectivity index (χ3v) is 3.82. The molecule has 0 spiro atoms. The first-order valence-electron chi connectivity index (χ1n) is 8.13. The van der Waals surface area contributed by atoms with Crippen molar-refractivity contribution in [2.24, 2.45) is 0 Å². The van der Waals surface area contributed by atoms with Crippen molar-refractivity contribution in [3.63, 3.8) is 0 Å². The van der Waals surface area contributed by atoms with Crippen molar-refractivity contribution >= 4 is 17.5 Å². The highest BCUT2D eigenvalue weighted by atomic mass is 16.5. The van der Waals surface area contributed by atoms with Crippen molar-refractivity contribution in [3.8, 4) is 0 Å². The van der Waals surface area contributed by atoms with Crippen LogP contribution in [0.3, 0.4) is 0 Å². The van der Waals surface area contributed by atoms with Crippen molar-refractivity contribution in [1.29, 1.82) is 0 Å². The van der Waals surface area contributed by atoms with Crippen LogP contribution in [0.15, 0.2) is 48.8 Å². The molecule has 0 bridgehead atoms. The Morgan fingerprint density at radius 2 is 2.08 bits per heavy atom. The van der Waals surface area contributed by atoms with Crippen LogP contribution in [0.25, 0.3) is 0 Å². The fourth-order valence-corrected chi connectivity index (χ4v) is 2.44. The van der Waals surface area contributed by atoms with E-state index in [1.54, 1.807) is 30.5 Å². The van der Waals surface area contributed by atoms with Gasteiger partial charge in [-0.2, -0.15) is 0 Å². The molecule has 1 aliphatic heterocycles. The summed E-state index contributed by atoms with van der Waals surface area (Å²) in [7, 11) is 0. The number of hydrogen-bond donors (Lipinski definition) is 3. The standard InChI is InChI=1S/C18H20N4O3/c23-17(14-2-1-7-19-11-14)22-15-5-3-13(4-6-15)10-21-18(24)16-12-20-8-9-25-16/h1-7,11,16,20H,8-10,12H2,(H,21,24)(H,22,23). The number of anilines is 1. The summed E-state index contributed by atoms with van der Waals surface area (Å²) >= 11 is 0. The van der Waals surface area contributed by atoms with E-state index in [-0.39, 0.29) is 11.8 Å². The number of ether oxygens (including phenoxy) is 1. The van der Waals surface area contributed by atoms with E-state index in [2.05, 4.69) is 20.9 Å². The Hall–Kier alpha value is -2.77. The van der Waals surface area contributed by atoms with E-state index in [1.807, 2.05) is 12.1 Å². The molecule has 1 aromatic heterocycles. The number of benzene rings is 1. The highest BCUT2D eigenvalue weighted by Crippen LogP contribution is 2.11. The number of pyridine rings is 1. The molecule has 0 aliphatic carbocycles. The van der Waals surface area contributed by atoms with Gasteiger partial charge in [0.1, 0.15) is 6.10 Å². The molecule has 130 valence electrons. The monoisotopic (exact) mass is 340 g/mol. The maximum absolute atomic E-state index is 12.1. The summed E-state index contributed by atoms with van der Waals surface area (Å²) in [4.78, 5) is 28.0. The molecule has 1 saturated heterocycles. The number of aromatic nitrogens is 1. The van der Waals surface area contributed by atoms with E-state index in [1.165, 1.54) is 6.20 Å². The Bertz CT molecular complexity index is 713. The second-order valence-electron chi connectivity index (χ2n) is 5.67. The van der Waals surface area contributed by atoms with Gasteiger partial charge >= 0.3 is 0 Å². The topological polar surface area (TPSA) is 92.4 Å². The van der Waals surface area contributed by atoms with Crippen LogP contribution in [0.5, 0.6) is 0 Å². The zero-order valence-corrected chi connectivity index (χ0v) is 13.7. The lowest BCUT2D eigenvalue weighted by Gasteiger charge is -2.22. The summed E-state index contributed by atoms with van der Waals surface area (Å²) in [5.41, 5.74) is 2.13. The molecule has 3 N–H and O–H groups in total. The van der Waals surface area contributed by atoms with Gasteiger partial charge in [0.25, 0.3) is 11.8 Å². The molecule has 1 atom stereocenters. The van der Waals surface area contributed by atoms with Crippen LogP contribution in [0.4, 0.5) is 5.69 Å². The molecule has 1 fully saturated rings. The van der Waals surface area contributed by atoms with E-state index < -0.39 is 6.10 Å². The number of nitrogens with zero attached hydrogens (tertiary/aromatic N) is 1. The number of morpholine rings is 1. The minimum Gasteiger partial charge on any atom is -0.366 e. The molecule has 25 heavy (non-hydrogen) atoms. The van der Waals surface area contributed by atoms with Crippen molar-refractivity contribution in [2.75, 3.05) is 25.0 Å². The Morgan fingerprint density at radius 1 is 1.24 bits per heavy atom. The Labute approximate surface area is 145 Å². The molecule has 2 aromatic rings. The van der Waals surface area contributed by atoms with Crippen LogP contribution in [0, 0.1) is 0 Å². The molecule has 0 saturated carbocycles. The van der Waals surface area contributed by atoms with Crippen LogP contribution in [0.1, 0.15) is 15.9 Å². The maximum Gasteiger partial charge on any atom is 0.257 e. The normalized spacial score (nSPS) is 16.9. The number of amides is 2. The fourth-order valence-electron chi connectivity index (χ4n) is 2.44. The minimum absolute atomic E-state index is 0.124. The third kappa shape index (κ3) is 4.85. The van der Waals surface area contributed by atoms with Gasteiger partial charge in [-0.25, -0.2) is 0 Å². The molecule has 1 aliphatic rings. The predicted octanol–water partition coefficient (Wildman–Crippen LogP) is 0.938. The quantitative estimate of drug-likeness (QED) is 0.753. The maximum atomic E-state index is 12.1. The van der Waals surface area contributed by atoms with E-state index in [4.69, 9.17) is 4.74 Å². The molecule has 3 rings (SSSR count). The summed E-state index contributed by atoms with van der Waals surface area (Å²) in [6.45, 7) is 2.26. The van der Waals surface area contributed by atoms with Gasteiger partial charge in [-0.05, 0) is 29.8 Å². The van der Waals surface area contributed by atoms with E-state index >= 15 is 0 Å². The Morgan fingerprint density at radius 3 is 2.76 bits per heavy atom. The van der Waals surface area contributed by atoms with Crippen molar-refractivity contribution in [2.45, 2.75) is 12.6 Å². The predicted molar refractivity (Wildman–Crippen MR) is 93.1 cm³/mol. The van der Waals surface area contributed by atoms with Gasteiger partial charge in [0, 0.05) is 37.7 Å². The summed E-state index contributed by atoms with van der Waals surface area (Å²) < 4.78 is 5.41. The van der Waals surface area contributed by atoms with Gasteiger partial charge in [-0.1, -0.05) is 12.1 Å². The largest absolute Gasteiger partial charge is 0.366 e. The second-order valence-corrected chi connectivity index (χ2v) is 5.67. The van der Waals surface area contributed by atoms with E-state index in [9.17, 15) is 9.59 Å². The average molecular weight is 340 g/mol. The van der Waals surface area contributed by atoms with Gasteiger partial charge in [0.2, 0.25) is 0 Å². The zero-order chi connectivity index (χ0) is 17.5. The number of hydrogen-bond acceptors (Lipinski definition) is 5. The molecule has 0 radical (unpaired) electrons.